The number of pyridine rings is 2. The van der Waals surface area contributed by atoms with Crippen LogP contribution < -0.4 is 21.3 Å². The molecule has 4 heterocycles. The lowest BCUT2D eigenvalue weighted by atomic mass is 10.1. The van der Waals surface area contributed by atoms with Gasteiger partial charge in [0.1, 0.15) is 23.4 Å². The summed E-state index contributed by atoms with van der Waals surface area (Å²) < 4.78 is 66.6. The molecule has 4 aromatic heterocycles. The van der Waals surface area contributed by atoms with Crippen molar-refractivity contribution in [1.82, 2.24) is 39.4 Å². The maximum atomic E-state index is 15.1. The van der Waals surface area contributed by atoms with E-state index in [9.17, 15) is 32.7 Å². The van der Waals surface area contributed by atoms with Crippen LogP contribution in [0.1, 0.15) is 21.7 Å². The van der Waals surface area contributed by atoms with Gasteiger partial charge in [-0.1, -0.05) is 5.21 Å². The zero-order chi connectivity index (χ0) is 38.0. The molecule has 0 radical (unpaired) electrons. The van der Waals surface area contributed by atoms with Gasteiger partial charge in [0.25, 0.3) is 21.5 Å². The van der Waals surface area contributed by atoms with Crippen LogP contribution in [0.15, 0.2) is 93.9 Å². The number of sulfonamides is 1. The normalized spacial score (nSPS) is 12.1. The van der Waals surface area contributed by atoms with Crippen molar-refractivity contribution in [2.24, 2.45) is 7.05 Å². The Bertz CT molecular complexity index is 2610. The molecule has 0 bridgehead atoms. The Hall–Kier alpha value is -6.67. The van der Waals surface area contributed by atoms with Gasteiger partial charge in [-0.2, -0.15) is 0 Å². The molecule has 0 unspecified atom stereocenters. The van der Waals surface area contributed by atoms with Gasteiger partial charge in [0.05, 0.1) is 63.6 Å². The van der Waals surface area contributed by atoms with Gasteiger partial charge in [-0.05, 0) is 48.5 Å². The van der Waals surface area contributed by atoms with E-state index >= 15 is 8.78 Å². The van der Waals surface area contributed by atoms with E-state index in [1.54, 1.807) is 6.20 Å². The van der Waals surface area contributed by atoms with E-state index in [1.807, 2.05) is 4.72 Å². The number of nitrogens with zero attached hydrogens (tertiary/aromatic N) is 7. The van der Waals surface area contributed by atoms with Crippen LogP contribution >= 0.6 is 0 Å². The molecular weight excluding hydrogens is 720 g/mol. The summed E-state index contributed by atoms with van der Waals surface area (Å²) in [6, 6.07) is 8.60. The lowest BCUT2D eigenvalue weighted by molar-refractivity contribution is -0.139. The first kappa shape index (κ1) is 36.1. The molecule has 53 heavy (non-hydrogen) atoms. The second-order valence-corrected chi connectivity index (χ2v) is 13.1. The van der Waals surface area contributed by atoms with Gasteiger partial charge in [0.2, 0.25) is 0 Å². The zero-order valence-corrected chi connectivity index (χ0v) is 28.4. The Labute approximate surface area is 297 Å². The van der Waals surface area contributed by atoms with Crippen molar-refractivity contribution >= 4 is 38.5 Å². The molecule has 272 valence electrons. The lowest BCUT2D eigenvalue weighted by Crippen LogP contribution is -2.42. The van der Waals surface area contributed by atoms with Gasteiger partial charge in [-0.25, -0.2) is 36.0 Å². The fourth-order valence-electron chi connectivity index (χ4n) is 5.26. The molecule has 0 aliphatic heterocycles. The number of carboxylic acid groups (broad SMARTS) is 1. The van der Waals surface area contributed by atoms with Crippen LogP contribution in [0.2, 0.25) is 0 Å². The Morgan fingerprint density at radius 3 is 2.40 bits per heavy atom. The predicted octanol–water partition coefficient (Wildman–Crippen LogP) is 1.71. The number of fused-ring (bicyclic) bond motifs is 1. The first-order valence-corrected chi connectivity index (χ1v) is 16.8. The smallest absolute Gasteiger partial charge is 0.335 e. The third kappa shape index (κ3) is 7.39. The van der Waals surface area contributed by atoms with Crippen molar-refractivity contribution in [2.75, 3.05) is 11.8 Å². The van der Waals surface area contributed by atoms with Crippen molar-refractivity contribution in [2.45, 2.75) is 24.0 Å². The number of aromatic nitrogens is 7. The number of carbonyl (C=O) groups is 2. The number of carbonyl (C=O) groups excluding carboxylic acids is 1. The third-order valence-electron chi connectivity index (χ3n) is 7.95. The third-order valence-corrected chi connectivity index (χ3v) is 9.33. The van der Waals surface area contributed by atoms with Gasteiger partial charge >= 0.3 is 11.7 Å². The van der Waals surface area contributed by atoms with Gasteiger partial charge in [0.15, 0.2) is 0 Å². The van der Waals surface area contributed by atoms with Crippen LogP contribution in [0.5, 0.6) is 0 Å². The van der Waals surface area contributed by atoms with Crippen molar-refractivity contribution < 1.29 is 36.6 Å². The van der Waals surface area contributed by atoms with Crippen LogP contribution in [0.4, 0.5) is 14.5 Å². The Balaban J connectivity index is 1.15. The summed E-state index contributed by atoms with van der Waals surface area (Å²) in [6.45, 7) is 0.216. The molecule has 1 atom stereocenters. The Morgan fingerprint density at radius 1 is 0.981 bits per heavy atom. The highest BCUT2D eigenvalue weighted by Gasteiger charge is 2.26. The number of nitrogens with one attached hydrogen (secondary N) is 2. The molecule has 6 aromatic rings. The number of hydrogen-bond donors (Lipinski definition) is 3. The number of aryl methyl sites for hydroxylation is 1. The zero-order valence-electron chi connectivity index (χ0n) is 27.6. The number of carboxylic acids is 1. The van der Waals surface area contributed by atoms with Crippen molar-refractivity contribution in [1.29, 1.82) is 0 Å². The van der Waals surface area contributed by atoms with Crippen LogP contribution in [0.3, 0.4) is 0 Å². The van der Waals surface area contributed by atoms with Gasteiger partial charge in [-0.15, -0.1) is 5.10 Å². The fourth-order valence-corrected chi connectivity index (χ4v) is 6.31. The van der Waals surface area contributed by atoms with E-state index in [4.69, 9.17) is 4.74 Å². The number of anilines is 1. The molecular formula is C33H27F2N9O8S. The molecule has 0 saturated heterocycles. The summed E-state index contributed by atoms with van der Waals surface area (Å²) >= 11 is 0. The highest BCUT2D eigenvalue weighted by atomic mass is 32.2. The van der Waals surface area contributed by atoms with E-state index in [1.165, 1.54) is 84.5 Å². The van der Waals surface area contributed by atoms with Crippen LogP contribution in [-0.4, -0.2) is 72.6 Å². The summed E-state index contributed by atoms with van der Waals surface area (Å²) in [5.74, 6) is -5.51. The number of ether oxygens (including phenoxy) is 1. The number of aliphatic carboxylic acids is 1. The first-order chi connectivity index (χ1) is 25.3. The summed E-state index contributed by atoms with van der Waals surface area (Å²) in [7, 11) is -1.48. The summed E-state index contributed by atoms with van der Waals surface area (Å²) in [5, 5.41) is 20.0. The molecule has 3 N–H and O–H groups in total. The average Bonchev–Trinajstić information content (AvgIpc) is 3.61. The lowest BCUT2D eigenvalue weighted by Gasteiger charge is -2.16. The maximum Gasteiger partial charge on any atom is 0.335 e. The SMILES string of the molecule is COCc1cn(-c2ccc(S(=O)(=O)Nc3cc(F)c(C(=O)N[C@@H](Cc4ccc(-n5c(=O)c6ccncc6n(C)c5=O)cn4)C(=O)O)cc3F)cc2)nn1. The maximum absolute atomic E-state index is 15.1. The van der Waals surface area contributed by atoms with Crippen LogP contribution in [-0.2, 0) is 39.6 Å². The van der Waals surface area contributed by atoms with Crippen molar-refractivity contribution in [3.63, 3.8) is 0 Å². The summed E-state index contributed by atoms with van der Waals surface area (Å²) in [6.07, 6.45) is 5.10. The number of rotatable bonds is 12. The van der Waals surface area contributed by atoms with Gasteiger partial charge in [-0.3, -0.25) is 28.8 Å². The molecule has 2 aromatic carbocycles. The molecule has 0 fully saturated rings. The van der Waals surface area contributed by atoms with E-state index < -0.39 is 68.5 Å². The number of halogens is 2. The second-order valence-electron chi connectivity index (χ2n) is 11.4. The predicted molar refractivity (Wildman–Crippen MR) is 182 cm³/mol. The number of methoxy groups -OCH3 is 1. The average molecular weight is 748 g/mol. The summed E-state index contributed by atoms with van der Waals surface area (Å²) in [5.41, 5.74) is -1.50. The molecule has 6 rings (SSSR count). The summed E-state index contributed by atoms with van der Waals surface area (Å²) in [4.78, 5) is 58.8. The minimum atomic E-state index is -4.44. The molecule has 0 aliphatic rings. The van der Waals surface area contributed by atoms with E-state index in [-0.39, 0.29) is 28.3 Å². The second kappa shape index (κ2) is 14.5. The molecule has 0 aliphatic carbocycles. The fraction of sp³-hybridized carbons (Fsp3) is 0.152. The Morgan fingerprint density at radius 2 is 1.72 bits per heavy atom. The van der Waals surface area contributed by atoms with Gasteiger partial charge < -0.3 is 15.2 Å². The minimum Gasteiger partial charge on any atom is -0.480 e. The highest BCUT2D eigenvalue weighted by Crippen LogP contribution is 2.24. The van der Waals surface area contributed by atoms with Crippen molar-refractivity contribution in [3.8, 4) is 11.4 Å². The van der Waals surface area contributed by atoms with Crippen LogP contribution in [0, 0.1) is 11.6 Å². The first-order valence-electron chi connectivity index (χ1n) is 15.3. The molecule has 0 spiro atoms. The Kier molecular flexibility index (Phi) is 9.90. The van der Waals surface area contributed by atoms with Crippen LogP contribution in [0.25, 0.3) is 22.3 Å². The standard InChI is InChI=1S/C33H27F2N9O8S/c1-42-29-15-36-10-9-23(29)31(46)44(33(42)49)21-4-3-18(37-14-21)11-28(32(47)48)38-30(45)24-12-26(35)27(13-25(24)34)40-53(50,51)22-7-5-20(6-8-22)43-16-19(17-52-2)39-41-43/h3-10,12-16,28,40H,11,17H2,1-2H3,(H,38,45)(H,47,48)/t28-/m0/s1. The largest absolute Gasteiger partial charge is 0.480 e. The highest BCUT2D eigenvalue weighted by molar-refractivity contribution is 7.92. The topological polar surface area (TPSA) is 222 Å². The van der Waals surface area contributed by atoms with E-state index in [2.05, 4.69) is 25.6 Å². The number of amides is 1. The minimum absolute atomic E-state index is 0.0860. The van der Waals surface area contributed by atoms with E-state index in [0.29, 0.717) is 29.0 Å². The molecule has 1 amide bonds. The monoisotopic (exact) mass is 747 g/mol. The van der Waals surface area contributed by atoms with E-state index in [0.717, 1.165) is 4.57 Å². The van der Waals surface area contributed by atoms with Crippen molar-refractivity contribution in [3.05, 3.63) is 129 Å². The number of benzene rings is 2. The number of hydrogen-bond acceptors (Lipinski definition) is 11. The molecule has 0 saturated carbocycles. The molecule has 17 nitrogen and oxygen atoms in total. The quantitative estimate of drug-likeness (QED) is 0.163. The van der Waals surface area contributed by atoms with Gasteiger partial charge in [0, 0.05) is 38.5 Å². The molecule has 20 heteroatoms.